The lowest BCUT2D eigenvalue weighted by molar-refractivity contribution is 0.961. The minimum Gasteiger partial charge on any atom is -0.366 e. The van der Waals surface area contributed by atoms with Gasteiger partial charge in [0.05, 0.1) is 10.0 Å². The molecule has 0 aliphatic carbocycles. The smallest absolute Gasteiger partial charge is 0.240 e. The van der Waals surface area contributed by atoms with Crippen molar-refractivity contribution in [2.45, 2.75) is 0 Å². The number of rotatable bonds is 0. The number of nitriles is 1. The van der Waals surface area contributed by atoms with E-state index < -0.39 is 0 Å². The maximum absolute atomic E-state index is 8.66. The molecule has 64 valence electrons. The molecular formula is C7H4BrN5. The van der Waals surface area contributed by atoms with Gasteiger partial charge in [-0.3, -0.25) is 0 Å². The third kappa shape index (κ3) is 1.23. The Morgan fingerprint density at radius 1 is 1.62 bits per heavy atom. The first-order valence-corrected chi connectivity index (χ1v) is 4.21. The molecule has 0 aromatic carbocycles. The van der Waals surface area contributed by atoms with Crippen LogP contribution in [0.2, 0.25) is 0 Å². The molecule has 0 aliphatic rings. The Hall–Kier alpha value is -1.61. The van der Waals surface area contributed by atoms with E-state index in [-0.39, 0.29) is 5.95 Å². The average molecular weight is 238 g/mol. The fourth-order valence-corrected chi connectivity index (χ4v) is 1.54. The second-order valence-electron chi connectivity index (χ2n) is 2.43. The lowest BCUT2D eigenvalue weighted by Crippen LogP contribution is -1.90. The molecule has 0 saturated heterocycles. The van der Waals surface area contributed by atoms with Crippen LogP contribution in [0, 0.1) is 11.3 Å². The van der Waals surface area contributed by atoms with Gasteiger partial charge in [0.2, 0.25) is 5.95 Å². The van der Waals surface area contributed by atoms with Gasteiger partial charge >= 0.3 is 0 Å². The van der Waals surface area contributed by atoms with Gasteiger partial charge in [-0.25, -0.2) is 4.52 Å². The van der Waals surface area contributed by atoms with Gasteiger partial charge in [0.1, 0.15) is 6.07 Å². The van der Waals surface area contributed by atoms with Crippen molar-refractivity contribution in [2.24, 2.45) is 0 Å². The highest BCUT2D eigenvalue weighted by Crippen LogP contribution is 2.18. The molecule has 0 saturated carbocycles. The topological polar surface area (TPSA) is 80.0 Å². The molecule has 0 spiro atoms. The molecule has 0 radical (unpaired) electrons. The van der Waals surface area contributed by atoms with Gasteiger partial charge in [0.15, 0.2) is 5.65 Å². The van der Waals surface area contributed by atoms with Crippen molar-refractivity contribution in [1.29, 1.82) is 5.26 Å². The first-order chi connectivity index (χ1) is 6.20. The zero-order chi connectivity index (χ0) is 9.42. The number of fused-ring (bicyclic) bond motifs is 1. The van der Waals surface area contributed by atoms with E-state index in [4.69, 9.17) is 11.0 Å². The fraction of sp³-hybridized carbons (Fsp3) is 0. The van der Waals surface area contributed by atoms with Crippen LogP contribution in [-0.2, 0) is 0 Å². The van der Waals surface area contributed by atoms with E-state index in [1.165, 1.54) is 4.52 Å². The summed E-state index contributed by atoms with van der Waals surface area (Å²) in [7, 11) is 0. The fourth-order valence-electron chi connectivity index (χ4n) is 1.02. The normalized spacial score (nSPS) is 10.2. The van der Waals surface area contributed by atoms with Gasteiger partial charge in [-0.1, -0.05) is 0 Å². The summed E-state index contributed by atoms with van der Waals surface area (Å²) in [6.07, 6.45) is 1.57. The minimum atomic E-state index is 0.191. The second kappa shape index (κ2) is 2.71. The summed E-state index contributed by atoms with van der Waals surface area (Å²) in [5.41, 5.74) is 6.52. The van der Waals surface area contributed by atoms with Crippen molar-refractivity contribution in [3.05, 3.63) is 22.3 Å². The van der Waals surface area contributed by atoms with Gasteiger partial charge in [0.25, 0.3) is 0 Å². The third-order valence-electron chi connectivity index (χ3n) is 1.53. The summed E-state index contributed by atoms with van der Waals surface area (Å²) in [6.45, 7) is 0. The van der Waals surface area contributed by atoms with Crippen LogP contribution >= 0.6 is 15.9 Å². The first-order valence-electron chi connectivity index (χ1n) is 3.42. The molecule has 6 heteroatoms. The van der Waals surface area contributed by atoms with Gasteiger partial charge in [-0.05, 0) is 22.0 Å². The van der Waals surface area contributed by atoms with Crippen LogP contribution in [0.4, 0.5) is 5.95 Å². The van der Waals surface area contributed by atoms with Crippen LogP contribution in [0.25, 0.3) is 5.65 Å². The maximum atomic E-state index is 8.66. The van der Waals surface area contributed by atoms with Crippen molar-refractivity contribution in [3.63, 3.8) is 0 Å². The maximum Gasteiger partial charge on any atom is 0.240 e. The van der Waals surface area contributed by atoms with Crippen molar-refractivity contribution < 1.29 is 0 Å². The Balaban J connectivity index is 2.85. The largest absolute Gasteiger partial charge is 0.366 e. The van der Waals surface area contributed by atoms with Crippen molar-refractivity contribution in [3.8, 4) is 6.07 Å². The molecular weight excluding hydrogens is 234 g/mol. The number of aromatic nitrogens is 3. The summed E-state index contributed by atoms with van der Waals surface area (Å²) < 4.78 is 2.17. The Kier molecular flexibility index (Phi) is 1.67. The van der Waals surface area contributed by atoms with Crippen LogP contribution in [0.3, 0.4) is 0 Å². The summed E-state index contributed by atoms with van der Waals surface area (Å²) >= 11 is 3.27. The number of hydrogen-bond acceptors (Lipinski definition) is 4. The van der Waals surface area contributed by atoms with Crippen LogP contribution in [0.1, 0.15) is 5.56 Å². The van der Waals surface area contributed by atoms with Gasteiger partial charge in [0, 0.05) is 6.20 Å². The standard InChI is InChI=1S/C7H4BrN5/c8-5-1-4(2-9)3-13-6(5)11-7(10)12-13/h1,3H,(H2,10,12). The zero-order valence-corrected chi connectivity index (χ0v) is 7.98. The van der Waals surface area contributed by atoms with E-state index in [1.54, 1.807) is 12.3 Å². The first kappa shape index (κ1) is 8.01. The number of nitrogens with zero attached hydrogens (tertiary/aromatic N) is 4. The van der Waals surface area contributed by atoms with E-state index in [2.05, 4.69) is 26.0 Å². The van der Waals surface area contributed by atoms with Gasteiger partial charge < -0.3 is 5.73 Å². The zero-order valence-electron chi connectivity index (χ0n) is 6.40. The quantitative estimate of drug-likeness (QED) is 0.740. The third-order valence-corrected chi connectivity index (χ3v) is 2.12. The predicted octanol–water partition coefficient (Wildman–Crippen LogP) is 0.946. The molecule has 0 fully saturated rings. The number of hydrogen-bond donors (Lipinski definition) is 1. The van der Waals surface area contributed by atoms with Gasteiger partial charge in [-0.2, -0.15) is 10.2 Å². The Bertz CT molecular complexity index is 509. The Morgan fingerprint density at radius 3 is 3.08 bits per heavy atom. The van der Waals surface area contributed by atoms with E-state index in [1.807, 2.05) is 6.07 Å². The highest BCUT2D eigenvalue weighted by atomic mass is 79.9. The van der Waals surface area contributed by atoms with Crippen molar-refractivity contribution in [2.75, 3.05) is 5.73 Å². The molecule has 13 heavy (non-hydrogen) atoms. The summed E-state index contributed by atoms with van der Waals surface area (Å²) in [6, 6.07) is 3.68. The molecule has 2 aromatic rings. The lowest BCUT2D eigenvalue weighted by atomic mass is 10.3. The van der Waals surface area contributed by atoms with Crippen molar-refractivity contribution >= 4 is 27.5 Å². The Morgan fingerprint density at radius 2 is 2.38 bits per heavy atom. The summed E-state index contributed by atoms with van der Waals surface area (Å²) in [4.78, 5) is 3.96. The van der Waals surface area contributed by atoms with E-state index in [0.717, 1.165) is 0 Å². The number of nitrogens with two attached hydrogens (primary N) is 1. The van der Waals surface area contributed by atoms with Crippen LogP contribution < -0.4 is 5.73 Å². The number of halogens is 1. The molecule has 5 nitrogen and oxygen atoms in total. The summed E-state index contributed by atoms with van der Waals surface area (Å²) in [5.74, 6) is 0.191. The van der Waals surface area contributed by atoms with E-state index >= 15 is 0 Å². The van der Waals surface area contributed by atoms with Crippen molar-refractivity contribution in [1.82, 2.24) is 14.6 Å². The molecule has 0 amide bonds. The average Bonchev–Trinajstić information content (AvgIpc) is 2.46. The Labute approximate surface area is 81.9 Å². The van der Waals surface area contributed by atoms with Crippen LogP contribution in [-0.4, -0.2) is 14.6 Å². The molecule has 0 unspecified atom stereocenters. The van der Waals surface area contributed by atoms with E-state index in [0.29, 0.717) is 15.7 Å². The summed E-state index contributed by atoms with van der Waals surface area (Å²) in [5, 5.41) is 12.5. The SMILES string of the molecule is N#Cc1cc(Br)c2nc(N)nn2c1. The monoisotopic (exact) mass is 237 g/mol. The second-order valence-corrected chi connectivity index (χ2v) is 3.28. The minimum absolute atomic E-state index is 0.191. The molecule has 2 aromatic heterocycles. The number of pyridine rings is 1. The highest BCUT2D eigenvalue weighted by Gasteiger charge is 2.05. The molecule has 0 atom stereocenters. The molecule has 2 heterocycles. The van der Waals surface area contributed by atoms with E-state index in [9.17, 15) is 0 Å². The van der Waals surface area contributed by atoms with Gasteiger partial charge in [-0.15, -0.1) is 5.10 Å². The molecule has 0 aliphatic heterocycles. The lowest BCUT2D eigenvalue weighted by Gasteiger charge is -1.94. The predicted molar refractivity (Wildman–Crippen MR) is 49.8 cm³/mol. The van der Waals surface area contributed by atoms with Crippen LogP contribution in [0.15, 0.2) is 16.7 Å². The highest BCUT2D eigenvalue weighted by molar-refractivity contribution is 9.10. The number of nitrogen functional groups attached to an aromatic ring is 1. The van der Waals surface area contributed by atoms with Crippen LogP contribution in [0.5, 0.6) is 0 Å². The molecule has 0 bridgehead atoms. The molecule has 2 rings (SSSR count). The molecule has 2 N–H and O–H groups in total. The number of anilines is 1.